The normalized spacial score (nSPS) is 14.9. The predicted octanol–water partition coefficient (Wildman–Crippen LogP) is 3.55. The van der Waals surface area contributed by atoms with Crippen LogP contribution >= 0.6 is 0 Å². The summed E-state index contributed by atoms with van der Waals surface area (Å²) in [5.41, 5.74) is 2.36. The highest BCUT2D eigenvalue weighted by Gasteiger charge is 2.28. The van der Waals surface area contributed by atoms with E-state index in [-0.39, 0.29) is 23.5 Å². The van der Waals surface area contributed by atoms with Gasteiger partial charge in [0.05, 0.1) is 5.75 Å². The number of benzene rings is 3. The lowest BCUT2D eigenvalue weighted by Crippen LogP contribution is -2.43. The number of hydrogen-bond donors (Lipinski definition) is 1. The fraction of sp³-hybridized carbons (Fsp3) is 0.308. The molecule has 0 spiro atoms. The number of likely N-dealkylation sites (tertiary alicyclic amines) is 1. The Labute approximate surface area is 194 Å². The summed E-state index contributed by atoms with van der Waals surface area (Å²) in [5, 5.41) is 4.97. The average molecular weight is 465 g/mol. The van der Waals surface area contributed by atoms with Gasteiger partial charge in [-0.15, -0.1) is 0 Å². The van der Waals surface area contributed by atoms with Crippen LogP contribution in [0.15, 0.2) is 66.7 Å². The monoisotopic (exact) mass is 464 g/mol. The van der Waals surface area contributed by atoms with E-state index in [9.17, 15) is 18.0 Å². The molecule has 3 aromatic carbocycles. The van der Waals surface area contributed by atoms with E-state index in [1.165, 1.54) is 6.26 Å². The first-order valence-electron chi connectivity index (χ1n) is 11.1. The number of hydrogen-bond acceptors (Lipinski definition) is 4. The molecular formula is C26H28N2O4S. The summed E-state index contributed by atoms with van der Waals surface area (Å²) in [4.78, 5) is 27.6. The second kappa shape index (κ2) is 9.75. The highest BCUT2D eigenvalue weighted by Crippen LogP contribution is 2.24. The summed E-state index contributed by atoms with van der Waals surface area (Å²) >= 11 is 0. The van der Waals surface area contributed by atoms with Crippen LogP contribution < -0.4 is 5.32 Å². The van der Waals surface area contributed by atoms with Crippen molar-refractivity contribution in [3.63, 3.8) is 0 Å². The van der Waals surface area contributed by atoms with Crippen LogP contribution in [-0.4, -0.2) is 44.5 Å². The minimum atomic E-state index is -3.07. The molecule has 1 N–H and O–H groups in total. The Morgan fingerprint density at radius 1 is 0.909 bits per heavy atom. The molecular weight excluding hydrogens is 436 g/mol. The van der Waals surface area contributed by atoms with Gasteiger partial charge in [-0.05, 0) is 40.8 Å². The van der Waals surface area contributed by atoms with E-state index in [0.717, 1.165) is 21.9 Å². The molecule has 33 heavy (non-hydrogen) atoms. The summed E-state index contributed by atoms with van der Waals surface area (Å²) in [7, 11) is -3.07. The summed E-state index contributed by atoms with van der Waals surface area (Å²) in [6.45, 7) is 1.51. The second-order valence-corrected chi connectivity index (χ2v) is 10.8. The largest absolute Gasteiger partial charge is 0.352 e. The third kappa shape index (κ3) is 5.79. The fourth-order valence-corrected chi connectivity index (χ4v) is 5.11. The first kappa shape index (κ1) is 23.0. The van der Waals surface area contributed by atoms with Gasteiger partial charge in [-0.3, -0.25) is 9.59 Å². The molecule has 1 saturated heterocycles. The fourth-order valence-electron chi connectivity index (χ4n) is 4.32. The lowest BCUT2D eigenvalue weighted by Gasteiger charge is -2.31. The van der Waals surface area contributed by atoms with E-state index >= 15 is 0 Å². The molecule has 1 aliphatic rings. The van der Waals surface area contributed by atoms with Gasteiger partial charge in [-0.1, -0.05) is 60.7 Å². The van der Waals surface area contributed by atoms with Gasteiger partial charge in [0.15, 0.2) is 9.84 Å². The molecule has 6 nitrogen and oxygen atoms in total. The summed E-state index contributed by atoms with van der Waals surface area (Å²) in [6.07, 6.45) is 2.48. The van der Waals surface area contributed by atoms with E-state index < -0.39 is 9.84 Å². The van der Waals surface area contributed by atoms with Crippen molar-refractivity contribution >= 4 is 32.4 Å². The van der Waals surface area contributed by atoms with Gasteiger partial charge < -0.3 is 10.2 Å². The van der Waals surface area contributed by atoms with E-state index in [1.54, 1.807) is 12.1 Å². The number of fused-ring (bicyclic) bond motifs is 1. The molecule has 0 aliphatic carbocycles. The zero-order valence-corrected chi connectivity index (χ0v) is 19.5. The first-order valence-corrected chi connectivity index (χ1v) is 13.2. The van der Waals surface area contributed by atoms with Gasteiger partial charge in [-0.25, -0.2) is 8.42 Å². The lowest BCUT2D eigenvalue weighted by molar-refractivity contribution is -0.126. The molecule has 0 radical (unpaired) electrons. The molecule has 4 rings (SSSR count). The molecule has 0 unspecified atom stereocenters. The third-order valence-electron chi connectivity index (χ3n) is 6.09. The van der Waals surface area contributed by atoms with E-state index in [2.05, 4.69) is 5.32 Å². The van der Waals surface area contributed by atoms with Crippen molar-refractivity contribution in [2.75, 3.05) is 19.3 Å². The third-order valence-corrected chi connectivity index (χ3v) is 6.95. The van der Waals surface area contributed by atoms with Crippen LogP contribution in [0, 0.1) is 5.92 Å². The predicted molar refractivity (Wildman–Crippen MR) is 129 cm³/mol. The first-order chi connectivity index (χ1) is 15.8. The van der Waals surface area contributed by atoms with Crippen LogP contribution in [0.2, 0.25) is 0 Å². The van der Waals surface area contributed by atoms with Crippen LogP contribution in [0.4, 0.5) is 0 Å². The van der Waals surface area contributed by atoms with Crippen molar-refractivity contribution in [1.29, 1.82) is 0 Å². The Kier molecular flexibility index (Phi) is 6.79. The highest BCUT2D eigenvalue weighted by molar-refractivity contribution is 7.89. The maximum atomic E-state index is 13.1. The Bertz CT molecular complexity index is 1260. The zero-order chi connectivity index (χ0) is 23.4. The van der Waals surface area contributed by atoms with Gasteiger partial charge in [0.1, 0.15) is 0 Å². The maximum absolute atomic E-state index is 13.1. The summed E-state index contributed by atoms with van der Waals surface area (Å²) in [5.74, 6) is -0.103. The minimum absolute atomic E-state index is 0.00697. The molecule has 0 aromatic heterocycles. The van der Waals surface area contributed by atoms with Crippen molar-refractivity contribution < 1.29 is 18.0 Å². The van der Waals surface area contributed by atoms with E-state index in [4.69, 9.17) is 0 Å². The van der Waals surface area contributed by atoms with Crippen LogP contribution in [0.1, 0.15) is 34.3 Å². The SMILES string of the molecule is CS(=O)(=O)Cc1ccc(CNC(=O)C2CCN(C(=O)c3cccc4ccccc34)CC2)cc1. The molecule has 172 valence electrons. The Morgan fingerprint density at radius 3 is 2.24 bits per heavy atom. The number of rotatable bonds is 6. The van der Waals surface area contributed by atoms with Crippen LogP contribution in [0.5, 0.6) is 0 Å². The molecule has 2 amide bonds. The summed E-state index contributed by atoms with van der Waals surface area (Å²) < 4.78 is 22.8. The molecule has 1 heterocycles. The zero-order valence-electron chi connectivity index (χ0n) is 18.7. The second-order valence-electron chi connectivity index (χ2n) is 8.70. The van der Waals surface area contributed by atoms with Gasteiger partial charge in [0.2, 0.25) is 5.91 Å². The molecule has 0 atom stereocenters. The van der Waals surface area contributed by atoms with Gasteiger partial charge in [0.25, 0.3) is 5.91 Å². The molecule has 0 saturated carbocycles. The number of carbonyl (C=O) groups is 2. The number of nitrogens with zero attached hydrogens (tertiary/aromatic N) is 1. The molecule has 7 heteroatoms. The van der Waals surface area contributed by atoms with Crippen LogP contribution in [-0.2, 0) is 26.9 Å². The minimum Gasteiger partial charge on any atom is -0.352 e. The van der Waals surface area contributed by atoms with Crippen molar-refractivity contribution in [2.45, 2.75) is 25.1 Å². The standard InChI is InChI=1S/C26H28N2O4S/c1-33(31,32)18-20-11-9-19(10-12-20)17-27-25(29)22-13-15-28(16-14-22)26(30)24-8-4-6-21-5-2-3-7-23(21)24/h2-12,22H,13-18H2,1H3,(H,27,29). The van der Waals surface area contributed by atoms with Crippen LogP contribution in [0.3, 0.4) is 0 Å². The number of amides is 2. The molecule has 1 aliphatic heterocycles. The lowest BCUT2D eigenvalue weighted by atomic mass is 9.94. The molecule has 0 bridgehead atoms. The number of sulfone groups is 1. The number of nitrogens with one attached hydrogen (secondary N) is 1. The van der Waals surface area contributed by atoms with Gasteiger partial charge in [-0.2, -0.15) is 0 Å². The van der Waals surface area contributed by atoms with E-state index in [0.29, 0.717) is 38.0 Å². The molecule has 3 aromatic rings. The van der Waals surface area contributed by atoms with Crippen molar-refractivity contribution in [2.24, 2.45) is 5.92 Å². The smallest absolute Gasteiger partial charge is 0.254 e. The number of carbonyl (C=O) groups excluding carboxylic acids is 2. The van der Waals surface area contributed by atoms with Crippen molar-refractivity contribution in [3.8, 4) is 0 Å². The maximum Gasteiger partial charge on any atom is 0.254 e. The quantitative estimate of drug-likeness (QED) is 0.605. The average Bonchev–Trinajstić information content (AvgIpc) is 2.82. The van der Waals surface area contributed by atoms with Crippen LogP contribution in [0.25, 0.3) is 10.8 Å². The summed E-state index contributed by atoms with van der Waals surface area (Å²) in [6, 6.07) is 20.9. The highest BCUT2D eigenvalue weighted by atomic mass is 32.2. The number of piperidine rings is 1. The topological polar surface area (TPSA) is 83.6 Å². The van der Waals surface area contributed by atoms with Crippen molar-refractivity contribution in [1.82, 2.24) is 10.2 Å². The van der Waals surface area contributed by atoms with E-state index in [1.807, 2.05) is 59.5 Å². The Hall–Kier alpha value is -3.19. The van der Waals surface area contributed by atoms with Crippen molar-refractivity contribution in [3.05, 3.63) is 83.4 Å². The Morgan fingerprint density at radius 2 is 1.55 bits per heavy atom. The molecule has 1 fully saturated rings. The van der Waals surface area contributed by atoms with Gasteiger partial charge >= 0.3 is 0 Å². The Balaban J connectivity index is 1.29. The van der Waals surface area contributed by atoms with Gasteiger partial charge in [0, 0.05) is 37.4 Å².